The van der Waals surface area contributed by atoms with Gasteiger partial charge in [0.1, 0.15) is 12.4 Å². The maximum Gasteiger partial charge on any atom is 0.238 e. The van der Waals surface area contributed by atoms with Crippen LogP contribution in [0.25, 0.3) is 0 Å². The van der Waals surface area contributed by atoms with E-state index in [4.69, 9.17) is 9.47 Å². The van der Waals surface area contributed by atoms with Crippen molar-refractivity contribution in [1.29, 1.82) is 0 Å². The fourth-order valence-electron chi connectivity index (χ4n) is 2.91. The minimum atomic E-state index is -0.0608. The van der Waals surface area contributed by atoms with Crippen LogP contribution in [0.2, 0.25) is 0 Å². The number of ether oxygens (including phenoxy) is 2. The van der Waals surface area contributed by atoms with Crippen LogP contribution in [0.1, 0.15) is 18.4 Å². The molecule has 1 saturated heterocycles. The van der Waals surface area contributed by atoms with Gasteiger partial charge >= 0.3 is 0 Å². The lowest BCUT2D eigenvalue weighted by Crippen LogP contribution is -2.29. The zero-order chi connectivity index (χ0) is 18.0. The highest BCUT2D eigenvalue weighted by molar-refractivity contribution is 5.92. The maximum atomic E-state index is 12.1. The Labute approximate surface area is 154 Å². The molecule has 3 rings (SSSR count). The molecular weight excluding hydrogens is 328 g/mol. The van der Waals surface area contributed by atoms with Crippen molar-refractivity contribution in [1.82, 2.24) is 5.32 Å². The minimum Gasteiger partial charge on any atom is -0.491 e. The van der Waals surface area contributed by atoms with Gasteiger partial charge in [0.2, 0.25) is 5.91 Å². The number of amides is 1. The largest absolute Gasteiger partial charge is 0.491 e. The molecule has 2 aromatic carbocycles. The summed E-state index contributed by atoms with van der Waals surface area (Å²) in [6.45, 7) is 2.43. The lowest BCUT2D eigenvalue weighted by atomic mass is 10.1. The van der Waals surface area contributed by atoms with Gasteiger partial charge in [-0.3, -0.25) is 4.79 Å². The van der Waals surface area contributed by atoms with Crippen LogP contribution < -0.4 is 15.4 Å². The Bertz CT molecular complexity index is 685. The molecule has 5 nitrogen and oxygen atoms in total. The van der Waals surface area contributed by atoms with E-state index in [0.717, 1.165) is 43.9 Å². The SMILES string of the molecule is O=C(CNCCc1ccccc1)Nc1cccc(OCC2CCCO2)c1. The molecule has 138 valence electrons. The molecule has 0 saturated carbocycles. The second-order valence-corrected chi connectivity index (χ2v) is 6.43. The number of benzene rings is 2. The Hall–Kier alpha value is -2.37. The summed E-state index contributed by atoms with van der Waals surface area (Å²) in [4.78, 5) is 12.1. The topological polar surface area (TPSA) is 59.6 Å². The van der Waals surface area contributed by atoms with Gasteiger partial charge < -0.3 is 20.1 Å². The van der Waals surface area contributed by atoms with Gasteiger partial charge in [0.05, 0.1) is 12.6 Å². The number of rotatable bonds is 9. The first-order valence-corrected chi connectivity index (χ1v) is 9.18. The van der Waals surface area contributed by atoms with Gasteiger partial charge in [-0.05, 0) is 43.5 Å². The third-order valence-electron chi connectivity index (χ3n) is 4.30. The van der Waals surface area contributed by atoms with Crippen LogP contribution in [0.4, 0.5) is 5.69 Å². The highest BCUT2D eigenvalue weighted by atomic mass is 16.5. The number of carbonyl (C=O) groups excluding carboxylic acids is 1. The lowest BCUT2D eigenvalue weighted by Gasteiger charge is -2.12. The highest BCUT2D eigenvalue weighted by Gasteiger charge is 2.16. The molecule has 0 aliphatic carbocycles. The van der Waals surface area contributed by atoms with Gasteiger partial charge in [-0.2, -0.15) is 0 Å². The summed E-state index contributed by atoms with van der Waals surface area (Å²) in [5.74, 6) is 0.685. The minimum absolute atomic E-state index is 0.0608. The molecule has 1 unspecified atom stereocenters. The molecule has 5 heteroatoms. The summed E-state index contributed by atoms with van der Waals surface area (Å²) >= 11 is 0. The van der Waals surface area contributed by atoms with Crippen LogP contribution in [-0.4, -0.2) is 38.3 Å². The summed E-state index contributed by atoms with van der Waals surface area (Å²) in [6.07, 6.45) is 3.23. The van der Waals surface area contributed by atoms with Gasteiger partial charge in [0.25, 0.3) is 0 Å². The van der Waals surface area contributed by atoms with Crippen molar-refractivity contribution in [3.8, 4) is 5.75 Å². The first kappa shape index (κ1) is 18.4. The van der Waals surface area contributed by atoms with Crippen molar-refractivity contribution in [3.05, 3.63) is 60.2 Å². The Morgan fingerprint density at radius 3 is 2.85 bits per heavy atom. The molecule has 26 heavy (non-hydrogen) atoms. The Balaban J connectivity index is 1.37. The van der Waals surface area contributed by atoms with Gasteiger partial charge in [-0.15, -0.1) is 0 Å². The van der Waals surface area contributed by atoms with Crippen LogP contribution in [-0.2, 0) is 16.0 Å². The predicted molar refractivity (Wildman–Crippen MR) is 103 cm³/mol. The third kappa shape index (κ3) is 6.17. The molecule has 2 aromatic rings. The number of hydrogen-bond donors (Lipinski definition) is 2. The van der Waals surface area contributed by atoms with E-state index in [-0.39, 0.29) is 18.6 Å². The molecule has 1 aliphatic heterocycles. The van der Waals surface area contributed by atoms with Crippen LogP contribution >= 0.6 is 0 Å². The van der Waals surface area contributed by atoms with Crippen molar-refractivity contribution in [2.24, 2.45) is 0 Å². The van der Waals surface area contributed by atoms with Crippen molar-refractivity contribution in [2.75, 3.05) is 31.6 Å². The van der Waals surface area contributed by atoms with E-state index >= 15 is 0 Å². The highest BCUT2D eigenvalue weighted by Crippen LogP contribution is 2.19. The van der Waals surface area contributed by atoms with E-state index < -0.39 is 0 Å². The molecule has 0 spiro atoms. The van der Waals surface area contributed by atoms with E-state index in [2.05, 4.69) is 22.8 Å². The van der Waals surface area contributed by atoms with E-state index in [1.165, 1.54) is 5.56 Å². The van der Waals surface area contributed by atoms with Crippen LogP contribution in [0.5, 0.6) is 5.75 Å². The Morgan fingerprint density at radius 1 is 1.15 bits per heavy atom. The summed E-state index contributed by atoms with van der Waals surface area (Å²) in [5.41, 5.74) is 2.00. The van der Waals surface area contributed by atoms with Gasteiger partial charge in [0, 0.05) is 18.4 Å². The molecular formula is C21H26N2O3. The lowest BCUT2D eigenvalue weighted by molar-refractivity contribution is -0.115. The molecule has 1 aliphatic rings. The maximum absolute atomic E-state index is 12.1. The van der Waals surface area contributed by atoms with Gasteiger partial charge in [-0.25, -0.2) is 0 Å². The first-order chi connectivity index (χ1) is 12.8. The van der Waals surface area contributed by atoms with Crippen LogP contribution in [0.3, 0.4) is 0 Å². The summed E-state index contributed by atoms with van der Waals surface area (Å²) in [5, 5.41) is 6.07. The Morgan fingerprint density at radius 2 is 2.04 bits per heavy atom. The standard InChI is InChI=1S/C21H26N2O3/c24-21(15-22-12-11-17-6-2-1-3-7-17)23-18-8-4-9-19(14-18)26-16-20-10-5-13-25-20/h1-4,6-9,14,20,22H,5,10-13,15-16H2,(H,23,24). The normalized spacial score (nSPS) is 16.4. The molecule has 1 heterocycles. The summed E-state index contributed by atoms with van der Waals surface area (Å²) in [6, 6.07) is 17.7. The monoisotopic (exact) mass is 354 g/mol. The fraction of sp³-hybridized carbons (Fsp3) is 0.381. The quantitative estimate of drug-likeness (QED) is 0.680. The van der Waals surface area contributed by atoms with Crippen molar-refractivity contribution < 1.29 is 14.3 Å². The fourth-order valence-corrected chi connectivity index (χ4v) is 2.91. The second kappa shape index (κ2) is 9.94. The van der Waals surface area contributed by atoms with Crippen LogP contribution in [0, 0.1) is 0 Å². The molecule has 2 N–H and O–H groups in total. The number of nitrogens with one attached hydrogen (secondary N) is 2. The van der Waals surface area contributed by atoms with Gasteiger partial charge in [0.15, 0.2) is 0 Å². The second-order valence-electron chi connectivity index (χ2n) is 6.43. The average Bonchev–Trinajstić information content (AvgIpc) is 3.18. The van der Waals surface area contributed by atoms with Gasteiger partial charge in [-0.1, -0.05) is 36.4 Å². The molecule has 1 atom stereocenters. The zero-order valence-corrected chi connectivity index (χ0v) is 14.9. The van der Waals surface area contributed by atoms with E-state index in [1.807, 2.05) is 42.5 Å². The smallest absolute Gasteiger partial charge is 0.238 e. The van der Waals surface area contributed by atoms with Crippen molar-refractivity contribution in [2.45, 2.75) is 25.4 Å². The van der Waals surface area contributed by atoms with Crippen molar-refractivity contribution >= 4 is 11.6 Å². The molecule has 1 amide bonds. The van der Waals surface area contributed by atoms with Crippen molar-refractivity contribution in [3.63, 3.8) is 0 Å². The number of anilines is 1. The summed E-state index contributed by atoms with van der Waals surface area (Å²) < 4.78 is 11.3. The van der Waals surface area contributed by atoms with E-state index in [9.17, 15) is 4.79 Å². The zero-order valence-electron chi connectivity index (χ0n) is 14.9. The first-order valence-electron chi connectivity index (χ1n) is 9.18. The number of carbonyl (C=O) groups is 1. The Kier molecular flexibility index (Phi) is 7.05. The van der Waals surface area contributed by atoms with Crippen LogP contribution in [0.15, 0.2) is 54.6 Å². The molecule has 0 radical (unpaired) electrons. The predicted octanol–water partition coefficient (Wildman–Crippen LogP) is 3.02. The summed E-state index contributed by atoms with van der Waals surface area (Å²) in [7, 11) is 0. The molecule has 1 fully saturated rings. The van der Waals surface area contributed by atoms with E-state index in [0.29, 0.717) is 6.61 Å². The third-order valence-corrected chi connectivity index (χ3v) is 4.30. The molecule has 0 aromatic heterocycles. The van der Waals surface area contributed by atoms with E-state index in [1.54, 1.807) is 0 Å². The molecule has 0 bridgehead atoms. The number of hydrogen-bond acceptors (Lipinski definition) is 4. The average molecular weight is 354 g/mol.